The zero-order chi connectivity index (χ0) is 10.4. The normalized spacial score (nSPS) is 17.5. The SMILES string of the molecule is CCCN=C(N)NCCN(C)C1CC1. The van der Waals surface area contributed by atoms with Gasteiger partial charge in [0.05, 0.1) is 0 Å². The number of aliphatic imine (C=N–C) groups is 1. The van der Waals surface area contributed by atoms with Crippen LogP contribution in [0, 0.1) is 0 Å². The van der Waals surface area contributed by atoms with Gasteiger partial charge < -0.3 is 16.0 Å². The molecule has 4 nitrogen and oxygen atoms in total. The molecule has 3 N–H and O–H groups in total. The summed E-state index contributed by atoms with van der Waals surface area (Å²) in [5.41, 5.74) is 5.66. The molecule has 0 aliphatic heterocycles. The topological polar surface area (TPSA) is 53.6 Å². The number of nitrogens with zero attached hydrogens (tertiary/aromatic N) is 2. The van der Waals surface area contributed by atoms with Gasteiger partial charge >= 0.3 is 0 Å². The van der Waals surface area contributed by atoms with Crippen molar-refractivity contribution >= 4 is 5.96 Å². The number of nitrogens with two attached hydrogens (primary N) is 1. The van der Waals surface area contributed by atoms with Crippen LogP contribution in [0.15, 0.2) is 4.99 Å². The predicted molar refractivity (Wildman–Crippen MR) is 60.4 cm³/mol. The molecule has 0 aromatic heterocycles. The molecule has 0 aromatic carbocycles. The third-order valence-electron chi connectivity index (χ3n) is 2.45. The fourth-order valence-electron chi connectivity index (χ4n) is 1.35. The number of nitrogens with one attached hydrogen (secondary N) is 1. The van der Waals surface area contributed by atoms with E-state index in [9.17, 15) is 0 Å². The first kappa shape index (κ1) is 11.3. The van der Waals surface area contributed by atoms with Crippen molar-refractivity contribution in [2.24, 2.45) is 10.7 Å². The smallest absolute Gasteiger partial charge is 0.188 e. The second kappa shape index (κ2) is 5.86. The van der Waals surface area contributed by atoms with Gasteiger partial charge in [0.15, 0.2) is 5.96 Å². The lowest BCUT2D eigenvalue weighted by Gasteiger charge is -2.15. The van der Waals surface area contributed by atoms with Crippen LogP contribution >= 0.6 is 0 Å². The molecule has 0 atom stereocenters. The fraction of sp³-hybridized carbons (Fsp3) is 0.900. The maximum absolute atomic E-state index is 5.66. The predicted octanol–water partition coefficient (Wildman–Crippen LogP) is 0.395. The molecule has 0 aromatic rings. The van der Waals surface area contributed by atoms with E-state index in [2.05, 4.69) is 29.2 Å². The van der Waals surface area contributed by atoms with Crippen LogP contribution < -0.4 is 11.1 Å². The lowest BCUT2D eigenvalue weighted by Crippen LogP contribution is -2.38. The van der Waals surface area contributed by atoms with Crippen molar-refractivity contribution < 1.29 is 0 Å². The molecule has 0 spiro atoms. The molecule has 0 heterocycles. The summed E-state index contributed by atoms with van der Waals surface area (Å²) in [6.45, 7) is 4.86. The highest BCUT2D eigenvalue weighted by Crippen LogP contribution is 2.24. The van der Waals surface area contributed by atoms with E-state index in [-0.39, 0.29) is 0 Å². The number of rotatable bonds is 6. The summed E-state index contributed by atoms with van der Waals surface area (Å²) in [5.74, 6) is 0.580. The Morgan fingerprint density at radius 1 is 1.57 bits per heavy atom. The van der Waals surface area contributed by atoms with Crippen molar-refractivity contribution in [1.82, 2.24) is 10.2 Å². The van der Waals surface area contributed by atoms with Gasteiger partial charge in [0, 0.05) is 25.7 Å². The van der Waals surface area contributed by atoms with Crippen LogP contribution in [0.2, 0.25) is 0 Å². The minimum Gasteiger partial charge on any atom is -0.370 e. The van der Waals surface area contributed by atoms with E-state index < -0.39 is 0 Å². The monoisotopic (exact) mass is 198 g/mol. The Morgan fingerprint density at radius 3 is 2.86 bits per heavy atom. The molecule has 0 amide bonds. The minimum atomic E-state index is 0.580. The van der Waals surface area contributed by atoms with Gasteiger partial charge in [-0.1, -0.05) is 6.92 Å². The maximum atomic E-state index is 5.66. The summed E-state index contributed by atoms with van der Waals surface area (Å²) in [5, 5.41) is 3.12. The highest BCUT2D eigenvalue weighted by atomic mass is 15.2. The molecular weight excluding hydrogens is 176 g/mol. The molecule has 0 radical (unpaired) electrons. The first-order chi connectivity index (χ1) is 6.74. The highest BCUT2D eigenvalue weighted by Gasteiger charge is 2.25. The van der Waals surface area contributed by atoms with Gasteiger partial charge in [-0.2, -0.15) is 0 Å². The Morgan fingerprint density at radius 2 is 2.29 bits per heavy atom. The van der Waals surface area contributed by atoms with Crippen molar-refractivity contribution in [2.45, 2.75) is 32.2 Å². The summed E-state index contributed by atoms with van der Waals surface area (Å²) in [6.07, 6.45) is 3.76. The van der Waals surface area contributed by atoms with Crippen molar-refractivity contribution in [3.63, 3.8) is 0 Å². The largest absolute Gasteiger partial charge is 0.370 e. The summed E-state index contributed by atoms with van der Waals surface area (Å²) in [6, 6.07) is 0.825. The van der Waals surface area contributed by atoms with Crippen molar-refractivity contribution in [2.75, 3.05) is 26.7 Å². The summed E-state index contributed by atoms with van der Waals surface area (Å²) >= 11 is 0. The molecule has 0 bridgehead atoms. The molecule has 82 valence electrons. The first-order valence-corrected chi connectivity index (χ1v) is 5.48. The van der Waals surface area contributed by atoms with Gasteiger partial charge in [0.2, 0.25) is 0 Å². The van der Waals surface area contributed by atoms with Gasteiger partial charge in [-0.25, -0.2) is 0 Å². The number of likely N-dealkylation sites (N-methyl/N-ethyl adjacent to an activating group) is 1. The summed E-state index contributed by atoms with van der Waals surface area (Å²) < 4.78 is 0. The molecule has 0 unspecified atom stereocenters. The average molecular weight is 198 g/mol. The number of hydrogen-bond donors (Lipinski definition) is 2. The average Bonchev–Trinajstić information content (AvgIpc) is 2.97. The van der Waals surface area contributed by atoms with E-state index in [0.29, 0.717) is 5.96 Å². The van der Waals surface area contributed by atoms with E-state index >= 15 is 0 Å². The molecule has 1 saturated carbocycles. The fourth-order valence-corrected chi connectivity index (χ4v) is 1.35. The summed E-state index contributed by atoms with van der Waals surface area (Å²) in [7, 11) is 2.17. The van der Waals surface area contributed by atoms with Crippen LogP contribution in [-0.2, 0) is 0 Å². The van der Waals surface area contributed by atoms with Gasteiger partial charge in [-0.3, -0.25) is 4.99 Å². The molecular formula is C10H22N4. The second-order valence-electron chi connectivity index (χ2n) is 3.91. The third kappa shape index (κ3) is 4.46. The zero-order valence-corrected chi connectivity index (χ0v) is 9.29. The minimum absolute atomic E-state index is 0.580. The molecule has 1 rings (SSSR count). The number of hydrogen-bond acceptors (Lipinski definition) is 2. The summed E-state index contributed by atoms with van der Waals surface area (Å²) in [4.78, 5) is 6.54. The Bertz CT molecular complexity index is 187. The van der Waals surface area contributed by atoms with E-state index in [1.807, 2.05) is 0 Å². The van der Waals surface area contributed by atoms with Crippen molar-refractivity contribution in [3.05, 3.63) is 0 Å². The molecule has 4 heteroatoms. The molecule has 0 saturated heterocycles. The van der Waals surface area contributed by atoms with Crippen LogP contribution in [0.4, 0.5) is 0 Å². The van der Waals surface area contributed by atoms with Crippen molar-refractivity contribution in [3.8, 4) is 0 Å². The first-order valence-electron chi connectivity index (χ1n) is 5.48. The van der Waals surface area contributed by atoms with Crippen LogP contribution in [0.25, 0.3) is 0 Å². The van der Waals surface area contributed by atoms with Gasteiger partial charge in [-0.05, 0) is 26.3 Å². The van der Waals surface area contributed by atoms with Crippen LogP contribution in [0.3, 0.4) is 0 Å². The molecule has 14 heavy (non-hydrogen) atoms. The second-order valence-corrected chi connectivity index (χ2v) is 3.91. The quantitative estimate of drug-likeness (QED) is 0.480. The van der Waals surface area contributed by atoms with Crippen LogP contribution in [0.5, 0.6) is 0 Å². The standard InChI is InChI=1S/C10H22N4/c1-3-6-12-10(11)13-7-8-14(2)9-4-5-9/h9H,3-8H2,1-2H3,(H3,11,12,13). The lowest BCUT2D eigenvalue weighted by molar-refractivity contribution is 0.329. The van der Waals surface area contributed by atoms with Crippen molar-refractivity contribution in [1.29, 1.82) is 0 Å². The Kier molecular flexibility index (Phi) is 4.73. The molecule has 1 aliphatic carbocycles. The van der Waals surface area contributed by atoms with E-state index in [1.54, 1.807) is 0 Å². The van der Waals surface area contributed by atoms with E-state index in [4.69, 9.17) is 5.73 Å². The highest BCUT2D eigenvalue weighted by molar-refractivity contribution is 5.77. The van der Waals surface area contributed by atoms with Gasteiger partial charge in [-0.15, -0.1) is 0 Å². The Balaban J connectivity index is 2.01. The third-order valence-corrected chi connectivity index (χ3v) is 2.45. The molecule has 1 fully saturated rings. The lowest BCUT2D eigenvalue weighted by atomic mass is 10.5. The molecule has 1 aliphatic rings. The van der Waals surface area contributed by atoms with Gasteiger partial charge in [0.25, 0.3) is 0 Å². The van der Waals surface area contributed by atoms with Crippen LogP contribution in [-0.4, -0.2) is 43.6 Å². The maximum Gasteiger partial charge on any atom is 0.188 e. The van der Waals surface area contributed by atoms with E-state index in [1.165, 1.54) is 12.8 Å². The van der Waals surface area contributed by atoms with Crippen LogP contribution in [0.1, 0.15) is 26.2 Å². The van der Waals surface area contributed by atoms with E-state index in [0.717, 1.165) is 32.1 Å². The Hall–Kier alpha value is -0.770. The zero-order valence-electron chi connectivity index (χ0n) is 9.29. The Labute approximate surface area is 86.6 Å². The van der Waals surface area contributed by atoms with Gasteiger partial charge in [0.1, 0.15) is 0 Å². The number of guanidine groups is 1.